The fourth-order valence-corrected chi connectivity index (χ4v) is 2.01. The Morgan fingerprint density at radius 1 is 0.947 bits per heavy atom. The number of carbonyl (C=O) groups is 2. The molecule has 0 heterocycles. The van der Waals surface area contributed by atoms with E-state index in [1.165, 1.54) is 6.92 Å². The Morgan fingerprint density at radius 3 is 2.37 bits per heavy atom. The molecule has 0 atom stereocenters. The molecule has 0 radical (unpaired) electrons. The van der Waals surface area contributed by atoms with Crippen LogP contribution >= 0.6 is 0 Å². The van der Waals surface area contributed by atoms with Gasteiger partial charge in [-0.05, 0) is 30.2 Å². The van der Waals surface area contributed by atoms with Crippen LogP contribution in [0.2, 0.25) is 0 Å². The summed E-state index contributed by atoms with van der Waals surface area (Å²) in [6.07, 6.45) is 0. The van der Waals surface area contributed by atoms with Gasteiger partial charge < -0.3 is 5.32 Å². The van der Waals surface area contributed by atoms with Crippen LogP contribution in [0.3, 0.4) is 0 Å². The topological polar surface area (TPSA) is 46.2 Å². The van der Waals surface area contributed by atoms with E-state index in [0.717, 1.165) is 16.8 Å². The molecule has 2 rings (SSSR count). The van der Waals surface area contributed by atoms with Crippen LogP contribution in [0.5, 0.6) is 0 Å². The van der Waals surface area contributed by atoms with E-state index in [1.54, 1.807) is 6.92 Å². The first-order valence-electron chi connectivity index (χ1n) is 6.06. The van der Waals surface area contributed by atoms with Gasteiger partial charge in [-0.25, -0.2) is 0 Å². The minimum absolute atomic E-state index is 0.0283. The van der Waals surface area contributed by atoms with Crippen molar-refractivity contribution < 1.29 is 9.59 Å². The summed E-state index contributed by atoms with van der Waals surface area (Å²) in [5, 5.41) is 2.74. The van der Waals surface area contributed by atoms with Crippen LogP contribution in [0.1, 0.15) is 24.2 Å². The summed E-state index contributed by atoms with van der Waals surface area (Å²) in [5.74, 6) is -0.0856. The molecule has 96 valence electrons. The molecule has 0 bridgehead atoms. The smallest absolute Gasteiger partial charge is 0.221 e. The third-order valence-corrected chi connectivity index (χ3v) is 2.80. The Balaban J connectivity index is 2.47. The summed E-state index contributed by atoms with van der Waals surface area (Å²) in [6, 6.07) is 14.9. The first kappa shape index (κ1) is 13.0. The number of carbonyl (C=O) groups excluding carboxylic acids is 2. The van der Waals surface area contributed by atoms with Gasteiger partial charge in [-0.15, -0.1) is 0 Å². The SMILES string of the molecule is CC(=O)Nc1cccc(-c2ccccc2C(C)=O)c1. The number of ketones is 1. The van der Waals surface area contributed by atoms with Gasteiger partial charge in [0.15, 0.2) is 5.78 Å². The molecule has 1 N–H and O–H groups in total. The van der Waals surface area contributed by atoms with Crippen molar-refractivity contribution in [1.82, 2.24) is 0 Å². The monoisotopic (exact) mass is 253 g/mol. The molecule has 2 aromatic rings. The summed E-state index contributed by atoms with van der Waals surface area (Å²) in [6.45, 7) is 3.02. The van der Waals surface area contributed by atoms with Gasteiger partial charge in [0, 0.05) is 18.2 Å². The van der Waals surface area contributed by atoms with Crippen LogP contribution in [0.25, 0.3) is 11.1 Å². The lowest BCUT2D eigenvalue weighted by Crippen LogP contribution is -2.05. The highest BCUT2D eigenvalue weighted by atomic mass is 16.1. The summed E-state index contributed by atoms with van der Waals surface area (Å²) in [5.41, 5.74) is 3.20. The fourth-order valence-electron chi connectivity index (χ4n) is 2.01. The minimum atomic E-state index is -0.114. The molecule has 3 nitrogen and oxygen atoms in total. The van der Waals surface area contributed by atoms with E-state index in [-0.39, 0.29) is 11.7 Å². The number of hydrogen-bond acceptors (Lipinski definition) is 2. The molecule has 0 aliphatic rings. The van der Waals surface area contributed by atoms with E-state index in [9.17, 15) is 9.59 Å². The van der Waals surface area contributed by atoms with Crippen molar-refractivity contribution in [2.24, 2.45) is 0 Å². The van der Waals surface area contributed by atoms with Crippen LogP contribution in [-0.4, -0.2) is 11.7 Å². The number of amides is 1. The second-order valence-electron chi connectivity index (χ2n) is 4.36. The van der Waals surface area contributed by atoms with Gasteiger partial charge in [-0.3, -0.25) is 9.59 Å². The first-order chi connectivity index (χ1) is 9.08. The summed E-state index contributed by atoms with van der Waals surface area (Å²) >= 11 is 0. The van der Waals surface area contributed by atoms with E-state index in [0.29, 0.717) is 5.56 Å². The summed E-state index contributed by atoms with van der Waals surface area (Å²) in [4.78, 5) is 22.7. The predicted octanol–water partition coefficient (Wildman–Crippen LogP) is 3.51. The van der Waals surface area contributed by atoms with Crippen LogP contribution in [0.15, 0.2) is 48.5 Å². The minimum Gasteiger partial charge on any atom is -0.326 e. The van der Waals surface area contributed by atoms with Crippen molar-refractivity contribution in [1.29, 1.82) is 0 Å². The molecule has 0 fully saturated rings. The van der Waals surface area contributed by atoms with E-state index in [4.69, 9.17) is 0 Å². The van der Waals surface area contributed by atoms with Gasteiger partial charge in [-0.1, -0.05) is 36.4 Å². The molecule has 1 amide bonds. The normalized spacial score (nSPS) is 10.0. The number of Topliss-reactive ketones (excluding diaryl/α,β-unsaturated/α-hetero) is 1. The second-order valence-corrected chi connectivity index (χ2v) is 4.36. The summed E-state index contributed by atoms with van der Waals surface area (Å²) in [7, 11) is 0. The van der Waals surface area contributed by atoms with Crippen molar-refractivity contribution in [2.75, 3.05) is 5.32 Å². The van der Waals surface area contributed by atoms with Crippen molar-refractivity contribution in [3.8, 4) is 11.1 Å². The van der Waals surface area contributed by atoms with E-state index in [1.807, 2.05) is 48.5 Å². The average molecular weight is 253 g/mol. The molecule has 0 saturated carbocycles. The molecule has 0 saturated heterocycles. The Kier molecular flexibility index (Phi) is 3.76. The molecule has 0 spiro atoms. The lowest BCUT2D eigenvalue weighted by atomic mass is 9.97. The molecule has 3 heteroatoms. The van der Waals surface area contributed by atoms with E-state index < -0.39 is 0 Å². The lowest BCUT2D eigenvalue weighted by Gasteiger charge is -2.09. The van der Waals surface area contributed by atoms with Gasteiger partial charge in [0.1, 0.15) is 0 Å². The summed E-state index contributed by atoms with van der Waals surface area (Å²) < 4.78 is 0. The number of rotatable bonds is 3. The van der Waals surface area contributed by atoms with Crippen molar-refractivity contribution in [3.63, 3.8) is 0 Å². The molecule has 19 heavy (non-hydrogen) atoms. The van der Waals surface area contributed by atoms with Crippen molar-refractivity contribution in [3.05, 3.63) is 54.1 Å². The zero-order valence-corrected chi connectivity index (χ0v) is 10.9. The highest BCUT2D eigenvalue weighted by molar-refractivity contribution is 6.01. The maximum atomic E-state index is 11.6. The quantitative estimate of drug-likeness (QED) is 0.851. The van der Waals surface area contributed by atoms with Gasteiger partial charge >= 0.3 is 0 Å². The van der Waals surface area contributed by atoms with Crippen molar-refractivity contribution >= 4 is 17.4 Å². The van der Waals surface area contributed by atoms with Crippen LogP contribution in [0.4, 0.5) is 5.69 Å². The zero-order chi connectivity index (χ0) is 13.8. The number of nitrogens with one attached hydrogen (secondary N) is 1. The van der Waals surface area contributed by atoms with Crippen molar-refractivity contribution in [2.45, 2.75) is 13.8 Å². The molecule has 0 aliphatic carbocycles. The standard InChI is InChI=1S/C16H15NO2/c1-11(18)15-8-3-4-9-16(15)13-6-5-7-14(10-13)17-12(2)19/h3-10H,1-2H3,(H,17,19). The molecule has 2 aromatic carbocycles. The third kappa shape index (κ3) is 3.07. The first-order valence-corrected chi connectivity index (χ1v) is 6.06. The average Bonchev–Trinajstić information content (AvgIpc) is 2.38. The number of hydrogen-bond donors (Lipinski definition) is 1. The van der Waals surface area contributed by atoms with Crippen LogP contribution in [0, 0.1) is 0 Å². The number of benzene rings is 2. The largest absolute Gasteiger partial charge is 0.326 e. The van der Waals surface area contributed by atoms with Gasteiger partial charge in [0.2, 0.25) is 5.91 Å². The molecule has 0 unspecified atom stereocenters. The van der Waals surface area contributed by atoms with Gasteiger partial charge in [0.05, 0.1) is 0 Å². The molecule has 0 aliphatic heterocycles. The zero-order valence-electron chi connectivity index (χ0n) is 10.9. The Morgan fingerprint density at radius 2 is 1.68 bits per heavy atom. The fraction of sp³-hybridized carbons (Fsp3) is 0.125. The molecule has 0 aromatic heterocycles. The maximum Gasteiger partial charge on any atom is 0.221 e. The highest BCUT2D eigenvalue weighted by Gasteiger charge is 2.08. The van der Waals surface area contributed by atoms with Gasteiger partial charge in [-0.2, -0.15) is 0 Å². The Hall–Kier alpha value is -2.42. The number of anilines is 1. The molecular formula is C16H15NO2. The predicted molar refractivity (Wildman–Crippen MR) is 76.2 cm³/mol. The third-order valence-electron chi connectivity index (χ3n) is 2.80. The van der Waals surface area contributed by atoms with E-state index >= 15 is 0 Å². The Bertz CT molecular complexity index is 632. The maximum absolute atomic E-state index is 11.6. The Labute approximate surface area is 112 Å². The van der Waals surface area contributed by atoms with Crippen LogP contribution in [-0.2, 0) is 4.79 Å². The molecular weight excluding hydrogens is 238 g/mol. The highest BCUT2D eigenvalue weighted by Crippen LogP contribution is 2.26. The lowest BCUT2D eigenvalue weighted by molar-refractivity contribution is -0.114. The van der Waals surface area contributed by atoms with Crippen LogP contribution < -0.4 is 5.32 Å². The second kappa shape index (κ2) is 5.48. The van der Waals surface area contributed by atoms with E-state index in [2.05, 4.69) is 5.32 Å². The van der Waals surface area contributed by atoms with Gasteiger partial charge in [0.25, 0.3) is 0 Å².